The first-order valence-corrected chi connectivity index (χ1v) is 12.6. The zero-order chi connectivity index (χ0) is 20.3. The van der Waals surface area contributed by atoms with Crippen LogP contribution in [0.25, 0.3) is 0 Å². The molecule has 0 atom stereocenters. The monoisotopic (exact) mass is 429 g/mol. The Labute approximate surface area is 176 Å². The average molecular weight is 430 g/mol. The van der Waals surface area contributed by atoms with E-state index in [1.54, 1.807) is 6.20 Å². The molecule has 9 nitrogen and oxygen atoms in total. The van der Waals surface area contributed by atoms with Crippen molar-refractivity contribution in [2.45, 2.75) is 37.6 Å². The highest BCUT2D eigenvalue weighted by atomic mass is 32.2. The number of rotatable bonds is 6. The van der Waals surface area contributed by atoms with E-state index in [4.69, 9.17) is 4.98 Å². The van der Waals surface area contributed by atoms with Crippen molar-refractivity contribution in [1.29, 1.82) is 0 Å². The maximum Gasteiger partial charge on any atom is 0.227 e. The Morgan fingerprint density at radius 2 is 2.00 bits per heavy atom. The van der Waals surface area contributed by atoms with Crippen LogP contribution in [0, 0.1) is 5.41 Å². The Morgan fingerprint density at radius 1 is 1.20 bits per heavy atom. The first-order valence-electron chi connectivity index (χ1n) is 10.8. The molecule has 2 bridgehead atoms. The van der Waals surface area contributed by atoms with Gasteiger partial charge < -0.3 is 15.1 Å². The standard InChI is InChI=1S/C20H27N7O2S/c28-30(29)7-5-26(6-8-30)12-20-10-15(11-20)27(13-20)19-21-4-3-17(23-19)22-18-9-16(24-25-18)14-1-2-14/h3-4,9,14-15H,1-2,5-8,10-13H2,(H2,21,22,23,24,25). The third-order valence-corrected chi connectivity index (χ3v) is 8.66. The summed E-state index contributed by atoms with van der Waals surface area (Å²) in [6.45, 7) is 3.25. The van der Waals surface area contributed by atoms with Crippen LogP contribution in [0.15, 0.2) is 18.3 Å². The number of H-pyrrole nitrogens is 1. The molecule has 0 spiro atoms. The molecule has 0 unspecified atom stereocenters. The molecular formula is C20H27N7O2S. The number of aromatic amines is 1. The number of nitrogens with one attached hydrogen (secondary N) is 2. The van der Waals surface area contributed by atoms with Crippen molar-refractivity contribution in [2.24, 2.45) is 5.41 Å². The molecule has 5 fully saturated rings. The molecule has 2 aromatic rings. The quantitative estimate of drug-likeness (QED) is 0.712. The summed E-state index contributed by atoms with van der Waals surface area (Å²) in [5, 5.41) is 10.8. The normalized spacial score (nSPS) is 30.3. The van der Waals surface area contributed by atoms with E-state index in [9.17, 15) is 8.42 Å². The number of hydrogen-bond acceptors (Lipinski definition) is 8. The van der Waals surface area contributed by atoms with Gasteiger partial charge in [0.15, 0.2) is 15.7 Å². The Morgan fingerprint density at radius 3 is 2.77 bits per heavy atom. The molecular weight excluding hydrogens is 402 g/mol. The van der Waals surface area contributed by atoms with E-state index in [1.165, 1.54) is 18.5 Å². The minimum atomic E-state index is -2.83. The van der Waals surface area contributed by atoms with Gasteiger partial charge >= 0.3 is 0 Å². The average Bonchev–Trinajstić information content (AvgIpc) is 3.19. The van der Waals surface area contributed by atoms with Gasteiger partial charge in [-0.25, -0.2) is 13.4 Å². The zero-order valence-corrected chi connectivity index (χ0v) is 17.7. The second kappa shape index (κ2) is 6.65. The molecule has 0 amide bonds. The second-order valence-corrected chi connectivity index (χ2v) is 11.8. The van der Waals surface area contributed by atoms with E-state index >= 15 is 0 Å². The lowest BCUT2D eigenvalue weighted by atomic mass is 9.70. The van der Waals surface area contributed by atoms with E-state index in [0.29, 0.717) is 36.6 Å². The topological polar surface area (TPSA) is 107 Å². The molecule has 5 aliphatic rings. The smallest absolute Gasteiger partial charge is 0.227 e. The molecule has 2 saturated carbocycles. The predicted octanol–water partition coefficient (Wildman–Crippen LogP) is 1.52. The van der Waals surface area contributed by atoms with Gasteiger partial charge in [-0.15, -0.1) is 0 Å². The van der Waals surface area contributed by atoms with Crippen molar-refractivity contribution in [2.75, 3.05) is 47.9 Å². The van der Waals surface area contributed by atoms with Gasteiger partial charge in [0, 0.05) is 61.5 Å². The van der Waals surface area contributed by atoms with Crippen LogP contribution in [-0.4, -0.2) is 77.2 Å². The molecule has 2 N–H and O–H groups in total. The summed E-state index contributed by atoms with van der Waals surface area (Å²) >= 11 is 0. The van der Waals surface area contributed by atoms with Crippen LogP contribution in [0.3, 0.4) is 0 Å². The number of sulfone groups is 1. The summed E-state index contributed by atoms with van der Waals surface area (Å²) in [5.41, 5.74) is 1.44. The maximum absolute atomic E-state index is 11.7. The molecule has 0 radical (unpaired) electrons. The zero-order valence-electron chi connectivity index (χ0n) is 16.9. The van der Waals surface area contributed by atoms with Gasteiger partial charge in [-0.3, -0.25) is 5.10 Å². The first-order chi connectivity index (χ1) is 14.5. The van der Waals surface area contributed by atoms with E-state index in [1.807, 2.05) is 6.07 Å². The summed E-state index contributed by atoms with van der Waals surface area (Å²) < 4.78 is 23.4. The largest absolute Gasteiger partial charge is 0.337 e. The number of aromatic nitrogens is 4. The molecule has 5 heterocycles. The lowest BCUT2D eigenvalue weighted by Gasteiger charge is -2.41. The summed E-state index contributed by atoms with van der Waals surface area (Å²) in [7, 11) is -2.83. The summed E-state index contributed by atoms with van der Waals surface area (Å²) in [6.07, 6.45) is 6.56. The third-order valence-electron chi connectivity index (χ3n) is 7.05. The van der Waals surface area contributed by atoms with Crippen molar-refractivity contribution in [3.05, 3.63) is 24.0 Å². The Kier molecular flexibility index (Phi) is 4.11. The number of fused-ring (bicyclic) bond motifs is 1. The molecule has 2 aromatic heterocycles. The summed E-state index contributed by atoms with van der Waals surface area (Å²) in [6, 6.07) is 4.43. The SMILES string of the molecule is O=S1(=O)CCN(CC23CC(C2)N(c2nccc(Nc4cc(C5CC5)[nH]n4)n2)C3)CC1. The van der Waals surface area contributed by atoms with Crippen LogP contribution in [0.1, 0.15) is 37.3 Å². The van der Waals surface area contributed by atoms with Gasteiger partial charge in [0.05, 0.1) is 11.5 Å². The molecule has 10 heteroatoms. The van der Waals surface area contributed by atoms with E-state index in [-0.39, 0.29) is 5.41 Å². The van der Waals surface area contributed by atoms with Crippen molar-refractivity contribution in [3.8, 4) is 0 Å². The van der Waals surface area contributed by atoms with Crippen LogP contribution in [0.2, 0.25) is 0 Å². The van der Waals surface area contributed by atoms with Crippen molar-refractivity contribution < 1.29 is 8.42 Å². The van der Waals surface area contributed by atoms with E-state index in [2.05, 4.69) is 36.4 Å². The number of hydrogen-bond donors (Lipinski definition) is 2. The van der Waals surface area contributed by atoms with Crippen LogP contribution < -0.4 is 10.2 Å². The van der Waals surface area contributed by atoms with Gasteiger partial charge in [0.25, 0.3) is 0 Å². The molecule has 3 saturated heterocycles. The predicted molar refractivity (Wildman–Crippen MR) is 114 cm³/mol. The van der Waals surface area contributed by atoms with Crippen LogP contribution in [0.5, 0.6) is 0 Å². The molecule has 3 aliphatic heterocycles. The minimum Gasteiger partial charge on any atom is -0.337 e. The van der Waals surface area contributed by atoms with Gasteiger partial charge in [0.1, 0.15) is 5.82 Å². The Bertz CT molecular complexity index is 1040. The molecule has 30 heavy (non-hydrogen) atoms. The number of anilines is 3. The highest BCUT2D eigenvalue weighted by molar-refractivity contribution is 7.91. The van der Waals surface area contributed by atoms with E-state index in [0.717, 1.165) is 43.5 Å². The fraction of sp³-hybridized carbons (Fsp3) is 0.650. The van der Waals surface area contributed by atoms with Gasteiger partial charge in [-0.2, -0.15) is 10.1 Å². The fourth-order valence-corrected chi connectivity index (χ4v) is 6.54. The van der Waals surface area contributed by atoms with Crippen LogP contribution in [0.4, 0.5) is 17.6 Å². The Balaban J connectivity index is 1.11. The van der Waals surface area contributed by atoms with Gasteiger partial charge in [-0.05, 0) is 31.7 Å². The van der Waals surface area contributed by atoms with Crippen molar-refractivity contribution >= 4 is 27.4 Å². The highest BCUT2D eigenvalue weighted by Crippen LogP contribution is 2.53. The van der Waals surface area contributed by atoms with Crippen LogP contribution >= 0.6 is 0 Å². The van der Waals surface area contributed by atoms with Gasteiger partial charge in [-0.1, -0.05) is 0 Å². The lowest BCUT2D eigenvalue weighted by Crippen LogP contribution is -2.49. The van der Waals surface area contributed by atoms with Crippen LogP contribution in [-0.2, 0) is 9.84 Å². The lowest BCUT2D eigenvalue weighted by molar-refractivity contribution is 0.114. The number of nitrogens with zero attached hydrogens (tertiary/aromatic N) is 5. The van der Waals surface area contributed by atoms with Crippen molar-refractivity contribution in [3.63, 3.8) is 0 Å². The molecule has 160 valence electrons. The van der Waals surface area contributed by atoms with Gasteiger partial charge in [0.2, 0.25) is 5.95 Å². The summed E-state index contributed by atoms with van der Waals surface area (Å²) in [5.74, 6) is 3.55. The maximum atomic E-state index is 11.7. The highest BCUT2D eigenvalue weighted by Gasteiger charge is 2.56. The molecule has 2 aliphatic carbocycles. The molecule has 7 rings (SSSR count). The third kappa shape index (κ3) is 3.45. The first kappa shape index (κ1) is 18.6. The van der Waals surface area contributed by atoms with E-state index < -0.39 is 9.84 Å². The minimum absolute atomic E-state index is 0.250. The summed E-state index contributed by atoms with van der Waals surface area (Å²) in [4.78, 5) is 13.9. The molecule has 0 aromatic carbocycles. The second-order valence-electron chi connectivity index (χ2n) is 9.47. The fourth-order valence-electron chi connectivity index (χ4n) is 5.27. The Hall–Kier alpha value is -2.20. The van der Waals surface area contributed by atoms with Crippen molar-refractivity contribution in [1.82, 2.24) is 25.1 Å².